The number of nitrogens with zero attached hydrogens (tertiary/aromatic N) is 1. The van der Waals surface area contributed by atoms with Crippen LogP contribution in [-0.2, 0) is 30.6 Å². The second-order valence-electron chi connectivity index (χ2n) is 10.0. The molecule has 0 unspecified atom stereocenters. The van der Waals surface area contributed by atoms with Gasteiger partial charge in [0.25, 0.3) is 0 Å². The van der Waals surface area contributed by atoms with Crippen LogP contribution in [0.15, 0.2) is 63.8 Å². The summed E-state index contributed by atoms with van der Waals surface area (Å²) in [4.78, 5) is 27.8. The number of amides is 1. The van der Waals surface area contributed by atoms with Crippen molar-refractivity contribution in [1.29, 1.82) is 0 Å². The molecule has 0 saturated heterocycles. The molecule has 0 spiro atoms. The quantitative estimate of drug-likeness (QED) is 0.301. The summed E-state index contributed by atoms with van der Waals surface area (Å²) < 4.78 is 21.6. The number of aryl methyl sites for hydroxylation is 1. The number of hydrogen-bond donors (Lipinski definition) is 1. The van der Waals surface area contributed by atoms with Crippen molar-refractivity contribution in [2.45, 2.75) is 32.7 Å². The predicted molar refractivity (Wildman–Crippen MR) is 155 cm³/mol. The standard InChI is InChI=1S/C32H34N2O6/c1-20-26-10-9-25(37-2)17-28(26)40-32(36)27(20)18-31(35)33-24-7-5-21(6-8-24)11-13-34-14-12-22-15-29(38-3)30(39-4)16-23(22)19-34/h5-10,15-17H,11-14,18-19H2,1-4H3,(H,33,35). The molecule has 1 N–H and O–H groups in total. The molecule has 0 saturated carbocycles. The predicted octanol–water partition coefficient (Wildman–Crippen LogP) is 4.91. The Morgan fingerprint density at radius 1 is 0.950 bits per heavy atom. The van der Waals surface area contributed by atoms with Crippen molar-refractivity contribution >= 4 is 22.6 Å². The smallest absolute Gasteiger partial charge is 0.340 e. The van der Waals surface area contributed by atoms with E-state index in [-0.39, 0.29) is 12.3 Å². The Balaban J connectivity index is 1.17. The van der Waals surface area contributed by atoms with E-state index in [9.17, 15) is 9.59 Å². The van der Waals surface area contributed by atoms with Crippen LogP contribution >= 0.6 is 0 Å². The number of carbonyl (C=O) groups excluding carboxylic acids is 1. The molecule has 1 aliphatic heterocycles. The molecule has 1 aromatic heterocycles. The normalized spacial score (nSPS) is 13.1. The van der Waals surface area contributed by atoms with Crippen LogP contribution in [0.3, 0.4) is 0 Å². The summed E-state index contributed by atoms with van der Waals surface area (Å²) in [5, 5.41) is 3.68. The van der Waals surface area contributed by atoms with Crippen molar-refractivity contribution in [3.63, 3.8) is 0 Å². The van der Waals surface area contributed by atoms with Gasteiger partial charge in [-0.2, -0.15) is 0 Å². The fourth-order valence-corrected chi connectivity index (χ4v) is 5.25. The van der Waals surface area contributed by atoms with E-state index in [1.54, 1.807) is 33.5 Å². The van der Waals surface area contributed by atoms with Crippen molar-refractivity contribution in [2.75, 3.05) is 39.7 Å². The Morgan fingerprint density at radius 2 is 1.68 bits per heavy atom. The Hall–Kier alpha value is -4.30. The van der Waals surface area contributed by atoms with Gasteiger partial charge in [-0.3, -0.25) is 9.69 Å². The van der Waals surface area contributed by atoms with Crippen LogP contribution in [0.25, 0.3) is 11.0 Å². The Labute approximate surface area is 233 Å². The van der Waals surface area contributed by atoms with Gasteiger partial charge in [0, 0.05) is 36.8 Å². The molecule has 8 heteroatoms. The molecule has 2 heterocycles. The molecular formula is C32H34N2O6. The molecule has 0 aliphatic carbocycles. The van der Waals surface area contributed by atoms with Crippen LogP contribution in [0.5, 0.6) is 17.2 Å². The molecule has 5 rings (SSSR count). The molecule has 0 fully saturated rings. The van der Waals surface area contributed by atoms with Crippen LogP contribution in [0, 0.1) is 6.92 Å². The fraction of sp³-hybridized carbons (Fsp3) is 0.312. The van der Waals surface area contributed by atoms with Crippen LogP contribution in [-0.4, -0.2) is 45.2 Å². The topological polar surface area (TPSA) is 90.2 Å². The highest BCUT2D eigenvalue weighted by Crippen LogP contribution is 2.33. The van der Waals surface area contributed by atoms with E-state index < -0.39 is 5.63 Å². The van der Waals surface area contributed by atoms with E-state index in [0.29, 0.717) is 22.6 Å². The summed E-state index contributed by atoms with van der Waals surface area (Å²) >= 11 is 0. The number of fused-ring (bicyclic) bond motifs is 2. The lowest BCUT2D eigenvalue weighted by Crippen LogP contribution is -2.32. The van der Waals surface area contributed by atoms with Crippen molar-refractivity contribution in [3.05, 3.63) is 92.8 Å². The molecule has 0 radical (unpaired) electrons. The molecule has 0 bridgehead atoms. The summed E-state index contributed by atoms with van der Waals surface area (Å²) in [6, 6.07) is 17.4. The zero-order valence-corrected chi connectivity index (χ0v) is 23.3. The van der Waals surface area contributed by atoms with Crippen molar-refractivity contribution in [3.8, 4) is 17.2 Å². The third-order valence-electron chi connectivity index (χ3n) is 7.58. The summed E-state index contributed by atoms with van der Waals surface area (Å²) in [5.41, 5.74) is 5.48. The van der Waals surface area contributed by atoms with Gasteiger partial charge in [-0.05, 0) is 78.4 Å². The van der Waals surface area contributed by atoms with Crippen molar-refractivity contribution < 1.29 is 23.4 Å². The number of nitrogens with one attached hydrogen (secondary N) is 1. The van der Waals surface area contributed by atoms with E-state index in [0.717, 1.165) is 54.9 Å². The van der Waals surface area contributed by atoms with Gasteiger partial charge in [-0.25, -0.2) is 4.79 Å². The summed E-state index contributed by atoms with van der Waals surface area (Å²) in [5.74, 6) is 1.87. The van der Waals surface area contributed by atoms with Crippen LogP contribution in [0.1, 0.15) is 27.8 Å². The molecular weight excluding hydrogens is 508 g/mol. The highest BCUT2D eigenvalue weighted by Gasteiger charge is 2.20. The largest absolute Gasteiger partial charge is 0.497 e. The van der Waals surface area contributed by atoms with E-state index in [1.807, 2.05) is 37.3 Å². The first-order chi connectivity index (χ1) is 19.4. The number of ether oxygens (including phenoxy) is 3. The molecule has 8 nitrogen and oxygen atoms in total. The van der Waals surface area contributed by atoms with Crippen LogP contribution in [0.2, 0.25) is 0 Å². The molecule has 3 aromatic carbocycles. The van der Waals surface area contributed by atoms with Gasteiger partial charge in [-0.15, -0.1) is 0 Å². The van der Waals surface area contributed by atoms with Gasteiger partial charge in [0.1, 0.15) is 11.3 Å². The lowest BCUT2D eigenvalue weighted by molar-refractivity contribution is -0.115. The average molecular weight is 543 g/mol. The van der Waals surface area contributed by atoms with Crippen molar-refractivity contribution in [2.24, 2.45) is 0 Å². The summed E-state index contributed by atoms with van der Waals surface area (Å²) in [6.07, 6.45) is 1.81. The minimum Gasteiger partial charge on any atom is -0.497 e. The maximum absolute atomic E-state index is 12.8. The summed E-state index contributed by atoms with van der Waals surface area (Å²) in [7, 11) is 4.88. The van der Waals surface area contributed by atoms with E-state index in [4.69, 9.17) is 18.6 Å². The monoisotopic (exact) mass is 542 g/mol. The summed E-state index contributed by atoms with van der Waals surface area (Å²) in [6.45, 7) is 4.63. The lowest BCUT2D eigenvalue weighted by atomic mass is 9.98. The fourth-order valence-electron chi connectivity index (χ4n) is 5.25. The molecule has 1 amide bonds. The minimum absolute atomic E-state index is 0.0645. The molecule has 4 aromatic rings. The minimum atomic E-state index is -0.512. The van der Waals surface area contributed by atoms with E-state index in [2.05, 4.69) is 22.3 Å². The van der Waals surface area contributed by atoms with E-state index >= 15 is 0 Å². The Kier molecular flexibility index (Phi) is 8.07. The number of carbonyl (C=O) groups is 1. The lowest BCUT2D eigenvalue weighted by Gasteiger charge is -2.29. The van der Waals surface area contributed by atoms with Gasteiger partial charge in [0.05, 0.1) is 33.3 Å². The number of benzene rings is 3. The molecule has 0 atom stereocenters. The van der Waals surface area contributed by atoms with Gasteiger partial charge >= 0.3 is 5.63 Å². The number of hydrogen-bond acceptors (Lipinski definition) is 7. The molecule has 1 aliphatic rings. The first-order valence-electron chi connectivity index (χ1n) is 13.3. The second-order valence-corrected chi connectivity index (χ2v) is 10.0. The second kappa shape index (κ2) is 11.8. The maximum atomic E-state index is 12.8. The first kappa shape index (κ1) is 27.3. The first-order valence-corrected chi connectivity index (χ1v) is 13.3. The third-order valence-corrected chi connectivity index (χ3v) is 7.58. The Bertz CT molecular complexity index is 1590. The third kappa shape index (κ3) is 5.82. The number of methoxy groups -OCH3 is 3. The highest BCUT2D eigenvalue weighted by atomic mass is 16.5. The van der Waals surface area contributed by atoms with Crippen molar-refractivity contribution in [1.82, 2.24) is 4.90 Å². The van der Waals surface area contributed by atoms with Gasteiger partial charge in [0.15, 0.2) is 11.5 Å². The van der Waals surface area contributed by atoms with E-state index in [1.165, 1.54) is 16.7 Å². The number of rotatable bonds is 9. The van der Waals surface area contributed by atoms with Gasteiger partial charge in [0.2, 0.25) is 5.91 Å². The average Bonchev–Trinajstić information content (AvgIpc) is 2.97. The van der Waals surface area contributed by atoms with Crippen LogP contribution in [0.4, 0.5) is 5.69 Å². The van der Waals surface area contributed by atoms with Gasteiger partial charge in [-0.1, -0.05) is 12.1 Å². The molecule has 40 heavy (non-hydrogen) atoms. The molecule has 208 valence electrons. The highest BCUT2D eigenvalue weighted by molar-refractivity contribution is 5.93. The SMILES string of the molecule is COc1ccc2c(C)c(CC(=O)Nc3ccc(CCN4CCc5cc(OC)c(OC)cc5C4)cc3)c(=O)oc2c1. The maximum Gasteiger partial charge on any atom is 0.340 e. The zero-order valence-electron chi connectivity index (χ0n) is 23.3. The number of anilines is 1. The van der Waals surface area contributed by atoms with Crippen LogP contribution < -0.4 is 25.2 Å². The Morgan fingerprint density at radius 3 is 2.38 bits per heavy atom. The van der Waals surface area contributed by atoms with Gasteiger partial charge < -0.3 is 23.9 Å². The zero-order chi connectivity index (χ0) is 28.2.